The zero-order chi connectivity index (χ0) is 17.6. The summed E-state index contributed by atoms with van der Waals surface area (Å²) in [5, 5.41) is -0.00479. The second kappa shape index (κ2) is 8.43. The van der Waals surface area contributed by atoms with Crippen LogP contribution in [0, 0.1) is 0 Å². The number of hydrogen-bond acceptors (Lipinski definition) is 3. The normalized spacial score (nSPS) is 18.2. The van der Waals surface area contributed by atoms with E-state index in [0.29, 0.717) is 5.92 Å². The first-order valence-corrected chi connectivity index (χ1v) is 9.80. The van der Waals surface area contributed by atoms with Crippen LogP contribution in [0.25, 0.3) is 0 Å². The average molecular weight is 356 g/mol. The highest BCUT2D eigenvalue weighted by Crippen LogP contribution is 2.30. The maximum absolute atomic E-state index is 12.7. The fourth-order valence-corrected chi connectivity index (χ4v) is 4.16. The molecule has 0 aromatic heterocycles. The van der Waals surface area contributed by atoms with E-state index in [1.54, 1.807) is 18.9 Å². The lowest BCUT2D eigenvalue weighted by molar-refractivity contribution is -0.129. The molecule has 0 bridgehead atoms. The predicted molar refractivity (Wildman–Crippen MR) is 104 cm³/mol. The molecule has 25 heavy (non-hydrogen) atoms. The van der Waals surface area contributed by atoms with Gasteiger partial charge < -0.3 is 9.64 Å². The Morgan fingerprint density at radius 2 is 1.92 bits per heavy atom. The lowest BCUT2D eigenvalue weighted by Crippen LogP contribution is -2.34. The molecule has 1 aliphatic heterocycles. The first-order valence-electron chi connectivity index (χ1n) is 8.75. The number of thioether (sulfide) groups is 1. The number of carbonyl (C=O) groups is 1. The van der Waals surface area contributed by atoms with Gasteiger partial charge in [-0.2, -0.15) is 0 Å². The van der Waals surface area contributed by atoms with E-state index in [1.807, 2.05) is 42.2 Å². The van der Waals surface area contributed by atoms with Crippen molar-refractivity contribution in [2.24, 2.45) is 0 Å². The minimum atomic E-state index is -0.00479. The molecule has 1 amide bonds. The van der Waals surface area contributed by atoms with Crippen LogP contribution in [-0.4, -0.2) is 36.3 Å². The quantitative estimate of drug-likeness (QED) is 0.772. The zero-order valence-corrected chi connectivity index (χ0v) is 15.7. The van der Waals surface area contributed by atoms with Gasteiger partial charge in [-0.25, -0.2) is 0 Å². The number of nitrogens with zero attached hydrogens (tertiary/aromatic N) is 1. The highest BCUT2D eigenvalue weighted by molar-refractivity contribution is 7.99. The van der Waals surface area contributed by atoms with Crippen LogP contribution in [0.1, 0.15) is 30.4 Å². The number of carbonyl (C=O) groups excluding carboxylic acids is 1. The van der Waals surface area contributed by atoms with Gasteiger partial charge in [0.05, 0.1) is 12.4 Å². The molecule has 0 N–H and O–H groups in total. The summed E-state index contributed by atoms with van der Waals surface area (Å²) >= 11 is 1.72. The zero-order valence-electron chi connectivity index (χ0n) is 14.9. The number of amides is 1. The van der Waals surface area contributed by atoms with E-state index in [0.717, 1.165) is 31.0 Å². The molecule has 0 saturated carbocycles. The Morgan fingerprint density at radius 3 is 2.60 bits per heavy atom. The lowest BCUT2D eigenvalue weighted by atomic mass is 9.98. The monoisotopic (exact) mass is 355 g/mol. The van der Waals surface area contributed by atoms with Crippen molar-refractivity contribution < 1.29 is 9.53 Å². The molecule has 2 aromatic carbocycles. The molecule has 2 aromatic rings. The van der Waals surface area contributed by atoms with Crippen LogP contribution in [0.2, 0.25) is 0 Å². The summed E-state index contributed by atoms with van der Waals surface area (Å²) < 4.78 is 5.22. The topological polar surface area (TPSA) is 29.5 Å². The second-order valence-electron chi connectivity index (χ2n) is 6.48. The Balaban J connectivity index is 1.52. The van der Waals surface area contributed by atoms with Crippen molar-refractivity contribution >= 4 is 17.7 Å². The summed E-state index contributed by atoms with van der Waals surface area (Å²) in [4.78, 5) is 14.8. The first kappa shape index (κ1) is 17.9. The van der Waals surface area contributed by atoms with Gasteiger partial charge in [0.25, 0.3) is 0 Å². The molecule has 1 aliphatic rings. The van der Waals surface area contributed by atoms with Gasteiger partial charge in [0.1, 0.15) is 5.75 Å². The van der Waals surface area contributed by atoms with Crippen molar-refractivity contribution in [3.8, 4) is 5.75 Å². The summed E-state index contributed by atoms with van der Waals surface area (Å²) in [6.45, 7) is 3.70. The molecule has 2 atom stereocenters. The van der Waals surface area contributed by atoms with Crippen LogP contribution in [0.4, 0.5) is 0 Å². The van der Waals surface area contributed by atoms with Crippen LogP contribution in [0.15, 0.2) is 54.6 Å². The third kappa shape index (κ3) is 4.57. The fraction of sp³-hybridized carbons (Fsp3) is 0.381. The molecular weight excluding hydrogens is 330 g/mol. The smallest absolute Gasteiger partial charge is 0.235 e. The molecule has 2 unspecified atom stereocenters. The number of rotatable bonds is 6. The van der Waals surface area contributed by atoms with E-state index in [1.165, 1.54) is 11.1 Å². The van der Waals surface area contributed by atoms with Gasteiger partial charge in [-0.3, -0.25) is 4.79 Å². The number of benzene rings is 2. The van der Waals surface area contributed by atoms with Crippen molar-refractivity contribution in [2.75, 3.05) is 20.2 Å². The Hall–Kier alpha value is -1.94. The van der Waals surface area contributed by atoms with Crippen molar-refractivity contribution in [2.45, 2.75) is 30.3 Å². The summed E-state index contributed by atoms with van der Waals surface area (Å²) in [7, 11) is 1.68. The Morgan fingerprint density at radius 1 is 1.20 bits per heavy atom. The van der Waals surface area contributed by atoms with Gasteiger partial charge in [-0.15, -0.1) is 11.8 Å². The largest absolute Gasteiger partial charge is 0.497 e. The molecule has 3 rings (SSSR count). The molecule has 0 aliphatic carbocycles. The van der Waals surface area contributed by atoms with Gasteiger partial charge in [-0.05, 0) is 36.6 Å². The maximum atomic E-state index is 12.7. The van der Waals surface area contributed by atoms with Crippen LogP contribution < -0.4 is 4.74 Å². The van der Waals surface area contributed by atoms with Gasteiger partial charge in [0.15, 0.2) is 0 Å². The molecule has 3 nitrogen and oxygen atoms in total. The molecule has 0 radical (unpaired) electrons. The highest BCUT2D eigenvalue weighted by Gasteiger charge is 2.29. The molecule has 132 valence electrons. The van der Waals surface area contributed by atoms with Crippen molar-refractivity contribution in [3.63, 3.8) is 0 Å². The van der Waals surface area contributed by atoms with Gasteiger partial charge in [-0.1, -0.05) is 42.5 Å². The average Bonchev–Trinajstić information content (AvgIpc) is 3.16. The van der Waals surface area contributed by atoms with E-state index in [-0.39, 0.29) is 11.2 Å². The minimum absolute atomic E-state index is 0.00479. The fourth-order valence-electron chi connectivity index (χ4n) is 3.23. The summed E-state index contributed by atoms with van der Waals surface area (Å²) in [5.41, 5.74) is 2.56. The molecule has 0 spiro atoms. The second-order valence-corrected chi connectivity index (χ2v) is 7.81. The molecule has 1 saturated heterocycles. The van der Waals surface area contributed by atoms with Gasteiger partial charge in [0, 0.05) is 24.8 Å². The molecule has 4 heteroatoms. The van der Waals surface area contributed by atoms with Crippen molar-refractivity contribution in [3.05, 3.63) is 65.7 Å². The lowest BCUT2D eigenvalue weighted by Gasteiger charge is -2.21. The standard InChI is InChI=1S/C21H25NO2S/c1-16(25-15-17-6-4-3-5-7-17)21(23)22-13-12-19(14-22)18-8-10-20(24-2)11-9-18/h3-11,16,19H,12-15H2,1-2H3. The van der Waals surface area contributed by atoms with Crippen LogP contribution >= 0.6 is 11.8 Å². The van der Waals surface area contributed by atoms with Gasteiger partial charge >= 0.3 is 0 Å². The Labute approximate surface area is 154 Å². The van der Waals surface area contributed by atoms with E-state index >= 15 is 0 Å². The van der Waals surface area contributed by atoms with E-state index in [4.69, 9.17) is 4.74 Å². The summed E-state index contributed by atoms with van der Waals surface area (Å²) in [6.07, 6.45) is 1.04. The Bertz CT molecular complexity index is 687. The first-order chi connectivity index (χ1) is 12.2. The van der Waals surface area contributed by atoms with Crippen molar-refractivity contribution in [1.29, 1.82) is 0 Å². The molecular formula is C21H25NO2S. The third-order valence-electron chi connectivity index (χ3n) is 4.78. The van der Waals surface area contributed by atoms with Crippen LogP contribution in [-0.2, 0) is 10.5 Å². The maximum Gasteiger partial charge on any atom is 0.235 e. The number of methoxy groups -OCH3 is 1. The molecule has 1 fully saturated rings. The highest BCUT2D eigenvalue weighted by atomic mass is 32.2. The third-order valence-corrected chi connectivity index (χ3v) is 5.98. The van der Waals surface area contributed by atoms with E-state index in [2.05, 4.69) is 24.3 Å². The van der Waals surface area contributed by atoms with E-state index in [9.17, 15) is 4.79 Å². The minimum Gasteiger partial charge on any atom is -0.497 e. The summed E-state index contributed by atoms with van der Waals surface area (Å²) in [5.74, 6) is 2.45. The van der Waals surface area contributed by atoms with Crippen LogP contribution in [0.3, 0.4) is 0 Å². The van der Waals surface area contributed by atoms with E-state index < -0.39 is 0 Å². The predicted octanol–water partition coefficient (Wildman–Crippen LogP) is 4.33. The van der Waals surface area contributed by atoms with Crippen LogP contribution in [0.5, 0.6) is 5.75 Å². The Kier molecular flexibility index (Phi) is 6.03. The van der Waals surface area contributed by atoms with Gasteiger partial charge in [0.2, 0.25) is 5.91 Å². The van der Waals surface area contributed by atoms with Crippen molar-refractivity contribution in [1.82, 2.24) is 4.90 Å². The number of ether oxygens (including phenoxy) is 1. The number of hydrogen-bond donors (Lipinski definition) is 0. The molecule has 1 heterocycles. The number of likely N-dealkylation sites (tertiary alicyclic amines) is 1. The SMILES string of the molecule is COc1ccc(C2CCN(C(=O)C(C)SCc3ccccc3)C2)cc1. The summed E-state index contributed by atoms with van der Waals surface area (Å²) in [6, 6.07) is 18.6.